The average molecular weight is 477 g/mol. The Hall–Kier alpha value is -3.90. The van der Waals surface area contributed by atoms with Crippen LogP contribution in [0.5, 0.6) is 5.75 Å². The lowest BCUT2D eigenvalue weighted by Crippen LogP contribution is -2.29. The van der Waals surface area contributed by atoms with Gasteiger partial charge in [-0.3, -0.25) is 4.79 Å². The van der Waals surface area contributed by atoms with E-state index in [1.54, 1.807) is 6.07 Å². The number of rotatable bonds is 8. The smallest absolute Gasteiger partial charge is 0.341 e. The summed E-state index contributed by atoms with van der Waals surface area (Å²) in [6.45, 7) is 1.41. The minimum atomic E-state index is -1.13. The number of pyridine rings is 1. The van der Waals surface area contributed by atoms with Gasteiger partial charge in [0, 0.05) is 10.9 Å². The first-order valence-corrected chi connectivity index (χ1v) is 10.8. The number of carboxylic acid groups (broad SMARTS) is 1. The minimum absolute atomic E-state index is 0. The highest BCUT2D eigenvalue weighted by molar-refractivity contribution is 6.10. The first-order chi connectivity index (χ1) is 16.1. The molecule has 0 radical (unpaired) electrons. The fourth-order valence-corrected chi connectivity index (χ4v) is 3.82. The van der Waals surface area contributed by atoms with Gasteiger partial charge in [-0.25, -0.2) is 9.78 Å². The Bertz CT molecular complexity index is 1280. The monoisotopic (exact) mass is 476 g/mol. The van der Waals surface area contributed by atoms with Gasteiger partial charge in [0.05, 0.1) is 17.1 Å². The first kappa shape index (κ1) is 24.7. The molecular weight excluding hydrogens is 452 g/mol. The molecule has 1 amide bonds. The second kappa shape index (κ2) is 11.3. The summed E-state index contributed by atoms with van der Waals surface area (Å²) in [6.07, 6.45) is 0.690. The number of para-hydroxylation sites is 1. The summed E-state index contributed by atoms with van der Waals surface area (Å²) in [5, 5.41) is 13.0. The van der Waals surface area contributed by atoms with Crippen LogP contribution in [0, 0.1) is 0 Å². The third-order valence-corrected chi connectivity index (χ3v) is 5.38. The molecule has 0 aliphatic rings. The first-order valence-electron chi connectivity index (χ1n) is 10.8. The van der Waals surface area contributed by atoms with Crippen molar-refractivity contribution >= 4 is 35.2 Å². The van der Waals surface area contributed by atoms with Crippen LogP contribution in [0.2, 0.25) is 0 Å². The summed E-state index contributed by atoms with van der Waals surface area (Å²) in [5.41, 5.74) is 3.04. The van der Waals surface area contributed by atoms with E-state index in [1.165, 1.54) is 0 Å². The number of fused-ring (bicyclic) bond motifs is 1. The molecular formula is C27H25ClN2O4. The number of amides is 1. The van der Waals surface area contributed by atoms with Gasteiger partial charge < -0.3 is 15.2 Å². The van der Waals surface area contributed by atoms with E-state index in [1.807, 2.05) is 85.8 Å². The molecule has 0 spiro atoms. The third kappa shape index (κ3) is 5.35. The minimum Gasteiger partial charge on any atom is -0.479 e. The number of hydrogen-bond acceptors (Lipinski definition) is 4. The molecule has 6 nitrogen and oxygen atoms in total. The van der Waals surface area contributed by atoms with Gasteiger partial charge in [-0.05, 0) is 18.1 Å². The molecule has 1 atom stereocenters. The summed E-state index contributed by atoms with van der Waals surface area (Å²) in [4.78, 5) is 29.7. The Labute approximate surface area is 204 Å². The highest BCUT2D eigenvalue weighted by Crippen LogP contribution is 2.37. The molecule has 0 bridgehead atoms. The van der Waals surface area contributed by atoms with Crippen molar-refractivity contribution in [2.24, 2.45) is 0 Å². The summed E-state index contributed by atoms with van der Waals surface area (Å²) >= 11 is 0. The largest absolute Gasteiger partial charge is 0.479 e. The molecule has 4 rings (SSSR count). The molecule has 0 aliphatic carbocycles. The number of nitrogens with one attached hydrogen (secondary N) is 1. The maximum Gasteiger partial charge on any atom is 0.341 e. The van der Waals surface area contributed by atoms with Gasteiger partial charge in [-0.15, -0.1) is 12.4 Å². The topological polar surface area (TPSA) is 88.5 Å². The number of hydrogen-bond donors (Lipinski definition) is 2. The second-order valence-corrected chi connectivity index (χ2v) is 7.58. The van der Waals surface area contributed by atoms with E-state index in [4.69, 9.17) is 9.72 Å². The van der Waals surface area contributed by atoms with Crippen molar-refractivity contribution in [1.29, 1.82) is 0 Å². The zero-order valence-corrected chi connectivity index (χ0v) is 19.4. The van der Waals surface area contributed by atoms with E-state index in [9.17, 15) is 14.7 Å². The van der Waals surface area contributed by atoms with Crippen LogP contribution in [-0.2, 0) is 4.79 Å². The van der Waals surface area contributed by atoms with Gasteiger partial charge >= 0.3 is 5.97 Å². The Morgan fingerprint density at radius 1 is 0.941 bits per heavy atom. The molecule has 2 N–H and O–H groups in total. The quantitative estimate of drug-likeness (QED) is 0.342. The lowest BCUT2D eigenvalue weighted by atomic mass is 10.00. The van der Waals surface area contributed by atoms with Gasteiger partial charge in [-0.1, -0.05) is 85.8 Å². The van der Waals surface area contributed by atoms with Crippen molar-refractivity contribution in [3.05, 3.63) is 96.1 Å². The van der Waals surface area contributed by atoms with E-state index in [-0.39, 0.29) is 35.7 Å². The van der Waals surface area contributed by atoms with Crippen molar-refractivity contribution < 1.29 is 19.4 Å². The summed E-state index contributed by atoms with van der Waals surface area (Å²) < 4.78 is 5.71. The number of aromatic nitrogens is 1. The molecule has 4 aromatic rings. The zero-order chi connectivity index (χ0) is 23.2. The Morgan fingerprint density at radius 2 is 1.56 bits per heavy atom. The lowest BCUT2D eigenvalue weighted by Gasteiger charge is -2.21. The fourth-order valence-electron chi connectivity index (χ4n) is 3.82. The summed E-state index contributed by atoms with van der Waals surface area (Å²) in [7, 11) is 0. The van der Waals surface area contributed by atoms with Crippen LogP contribution >= 0.6 is 12.4 Å². The van der Waals surface area contributed by atoms with Gasteiger partial charge in [-0.2, -0.15) is 0 Å². The van der Waals surface area contributed by atoms with Crippen molar-refractivity contribution in [2.45, 2.75) is 19.4 Å². The Balaban J connectivity index is 0.00000324. The molecule has 34 heavy (non-hydrogen) atoms. The second-order valence-electron chi connectivity index (χ2n) is 7.58. The number of halogens is 1. The van der Waals surface area contributed by atoms with Crippen LogP contribution in [-0.4, -0.2) is 28.6 Å². The molecule has 7 heteroatoms. The Morgan fingerprint density at radius 3 is 2.21 bits per heavy atom. The van der Waals surface area contributed by atoms with Gasteiger partial charge in [0.15, 0.2) is 12.4 Å². The van der Waals surface area contributed by atoms with Crippen molar-refractivity contribution in [1.82, 2.24) is 10.3 Å². The fraction of sp³-hybridized carbons (Fsp3) is 0.148. The molecule has 3 aromatic carbocycles. The molecule has 1 heterocycles. The van der Waals surface area contributed by atoms with E-state index < -0.39 is 12.6 Å². The molecule has 0 aliphatic heterocycles. The zero-order valence-electron chi connectivity index (χ0n) is 18.6. The van der Waals surface area contributed by atoms with Crippen LogP contribution in [0.3, 0.4) is 0 Å². The highest BCUT2D eigenvalue weighted by Gasteiger charge is 2.25. The number of carboxylic acids is 1. The lowest BCUT2D eigenvalue weighted by molar-refractivity contribution is -0.139. The predicted molar refractivity (Wildman–Crippen MR) is 134 cm³/mol. The molecule has 174 valence electrons. The van der Waals surface area contributed by atoms with E-state index >= 15 is 0 Å². The van der Waals surface area contributed by atoms with E-state index in [0.29, 0.717) is 23.0 Å². The number of carbonyl (C=O) groups excluding carboxylic acids is 1. The van der Waals surface area contributed by atoms with Crippen LogP contribution in [0.4, 0.5) is 0 Å². The number of carbonyl (C=O) groups is 2. The highest BCUT2D eigenvalue weighted by atomic mass is 35.5. The number of nitrogens with zero attached hydrogens (tertiary/aromatic N) is 1. The average Bonchev–Trinajstić information content (AvgIpc) is 2.86. The normalized spacial score (nSPS) is 11.3. The van der Waals surface area contributed by atoms with Gasteiger partial charge in [0.1, 0.15) is 5.69 Å². The molecule has 0 saturated carbocycles. The molecule has 0 fully saturated rings. The molecule has 1 aromatic heterocycles. The maximum absolute atomic E-state index is 13.7. The number of benzene rings is 3. The van der Waals surface area contributed by atoms with Crippen molar-refractivity contribution in [3.63, 3.8) is 0 Å². The SMILES string of the molecule is CCC(NC(=O)c1c(OCC(=O)O)c(-c2ccccc2)nc2ccccc12)c1ccccc1.Cl. The Kier molecular flexibility index (Phi) is 8.22. The van der Waals surface area contributed by atoms with Crippen LogP contribution < -0.4 is 10.1 Å². The van der Waals surface area contributed by atoms with Gasteiger partial charge in [0.25, 0.3) is 5.91 Å². The summed E-state index contributed by atoms with van der Waals surface area (Å²) in [5.74, 6) is -1.33. The van der Waals surface area contributed by atoms with E-state index in [0.717, 1.165) is 11.1 Å². The maximum atomic E-state index is 13.7. The standard InChI is InChI=1S/C27H24N2O4.ClH/c1-2-21(18-11-5-3-6-12-18)29-27(32)24-20-15-9-10-16-22(20)28-25(19-13-7-4-8-14-19)26(24)33-17-23(30)31;/h3-16,21H,2,17H2,1H3,(H,29,32)(H,30,31);1H. The summed E-state index contributed by atoms with van der Waals surface area (Å²) in [6, 6.07) is 26.1. The molecule has 1 unspecified atom stereocenters. The third-order valence-electron chi connectivity index (χ3n) is 5.38. The molecule has 0 saturated heterocycles. The predicted octanol–water partition coefficient (Wildman–Crippen LogP) is 5.67. The van der Waals surface area contributed by atoms with Crippen LogP contribution in [0.25, 0.3) is 22.2 Å². The van der Waals surface area contributed by atoms with E-state index in [2.05, 4.69) is 5.32 Å². The van der Waals surface area contributed by atoms with Crippen LogP contribution in [0.1, 0.15) is 35.3 Å². The van der Waals surface area contributed by atoms with Crippen LogP contribution in [0.15, 0.2) is 84.9 Å². The number of ether oxygens (including phenoxy) is 1. The number of aliphatic carboxylic acids is 1. The van der Waals surface area contributed by atoms with Crippen molar-refractivity contribution in [2.75, 3.05) is 6.61 Å². The van der Waals surface area contributed by atoms with Gasteiger partial charge in [0.2, 0.25) is 0 Å². The van der Waals surface area contributed by atoms with Crippen molar-refractivity contribution in [3.8, 4) is 17.0 Å².